The lowest BCUT2D eigenvalue weighted by Crippen LogP contribution is -2.52. The van der Waals surface area contributed by atoms with Crippen molar-refractivity contribution < 1.29 is 14.4 Å². The summed E-state index contributed by atoms with van der Waals surface area (Å²) in [5, 5.41) is 0. The summed E-state index contributed by atoms with van der Waals surface area (Å²) < 4.78 is 0. The third-order valence-electron chi connectivity index (χ3n) is 4.84. The minimum absolute atomic E-state index is 0.0848. The van der Waals surface area contributed by atoms with E-state index in [2.05, 4.69) is 0 Å². The summed E-state index contributed by atoms with van der Waals surface area (Å²) in [6.45, 7) is 2.83. The van der Waals surface area contributed by atoms with Gasteiger partial charge < -0.3 is 15.5 Å². The Bertz CT molecular complexity index is 658. The average molecular weight is 315 g/mol. The van der Waals surface area contributed by atoms with Crippen LogP contribution in [-0.4, -0.2) is 46.7 Å². The third kappa shape index (κ3) is 2.93. The van der Waals surface area contributed by atoms with E-state index >= 15 is 0 Å². The normalized spacial score (nSPS) is 23.5. The van der Waals surface area contributed by atoms with Crippen molar-refractivity contribution in [1.29, 1.82) is 0 Å². The summed E-state index contributed by atoms with van der Waals surface area (Å²) >= 11 is 0. The van der Waals surface area contributed by atoms with Gasteiger partial charge in [-0.3, -0.25) is 14.4 Å². The second-order valence-corrected chi connectivity index (χ2v) is 6.31. The predicted molar refractivity (Wildman–Crippen MR) is 84.0 cm³/mol. The average Bonchev–Trinajstić information content (AvgIpc) is 3.03. The second-order valence-electron chi connectivity index (χ2n) is 6.31. The lowest BCUT2D eigenvalue weighted by molar-refractivity contribution is -0.145. The van der Waals surface area contributed by atoms with E-state index in [1.807, 2.05) is 24.3 Å². The zero-order valence-electron chi connectivity index (χ0n) is 13.2. The van der Waals surface area contributed by atoms with Gasteiger partial charge in [-0.1, -0.05) is 24.3 Å². The van der Waals surface area contributed by atoms with E-state index in [1.165, 1.54) is 6.92 Å². The smallest absolute Gasteiger partial charge is 0.245 e. The molecule has 2 aliphatic heterocycles. The topological polar surface area (TPSA) is 83.7 Å². The molecule has 0 aromatic heterocycles. The van der Waals surface area contributed by atoms with Crippen LogP contribution in [0.3, 0.4) is 0 Å². The van der Waals surface area contributed by atoms with Crippen LogP contribution in [0.2, 0.25) is 0 Å². The zero-order valence-corrected chi connectivity index (χ0v) is 13.2. The van der Waals surface area contributed by atoms with Crippen LogP contribution in [0, 0.1) is 5.92 Å². The van der Waals surface area contributed by atoms with Crippen LogP contribution in [0.5, 0.6) is 0 Å². The molecule has 3 rings (SSSR count). The predicted octanol–water partition coefficient (Wildman–Crippen LogP) is 0.294. The number of amides is 3. The maximum Gasteiger partial charge on any atom is 0.245 e. The zero-order chi connectivity index (χ0) is 16.6. The van der Waals surface area contributed by atoms with Gasteiger partial charge in [0.2, 0.25) is 17.7 Å². The van der Waals surface area contributed by atoms with Crippen molar-refractivity contribution in [2.24, 2.45) is 11.7 Å². The highest BCUT2D eigenvalue weighted by molar-refractivity contribution is 5.89. The fourth-order valence-corrected chi connectivity index (χ4v) is 3.48. The van der Waals surface area contributed by atoms with Gasteiger partial charge in [0, 0.05) is 33.0 Å². The first-order valence-electron chi connectivity index (χ1n) is 7.89. The Balaban J connectivity index is 1.81. The van der Waals surface area contributed by atoms with Crippen molar-refractivity contribution >= 4 is 17.7 Å². The molecular formula is C17H21N3O3. The van der Waals surface area contributed by atoms with Crippen LogP contribution in [0.1, 0.15) is 24.5 Å². The standard InChI is InChI=1S/C17H21N3O3/c1-11(21)20-10-13-5-3-2-4-12(13)8-15(20)17(23)19-7-6-14(9-19)16(18)22/h2-5,14-15H,6-10H2,1H3,(H2,18,22). The molecule has 122 valence electrons. The van der Waals surface area contributed by atoms with Crippen LogP contribution < -0.4 is 5.73 Å². The molecule has 3 amide bonds. The van der Waals surface area contributed by atoms with Crippen LogP contribution >= 0.6 is 0 Å². The van der Waals surface area contributed by atoms with Crippen LogP contribution in [0.25, 0.3) is 0 Å². The molecule has 0 radical (unpaired) electrons. The number of likely N-dealkylation sites (tertiary alicyclic amines) is 1. The molecule has 2 unspecified atom stereocenters. The van der Waals surface area contributed by atoms with Gasteiger partial charge in [0.05, 0.1) is 5.92 Å². The van der Waals surface area contributed by atoms with Crippen LogP contribution in [0.4, 0.5) is 0 Å². The Morgan fingerprint density at radius 3 is 2.48 bits per heavy atom. The summed E-state index contributed by atoms with van der Waals surface area (Å²) in [5.41, 5.74) is 7.53. The Kier molecular flexibility index (Phi) is 4.07. The van der Waals surface area contributed by atoms with E-state index in [-0.39, 0.29) is 23.6 Å². The second kappa shape index (κ2) is 6.02. The lowest BCUT2D eigenvalue weighted by atomic mass is 9.93. The minimum atomic E-state index is -0.492. The van der Waals surface area contributed by atoms with E-state index in [4.69, 9.17) is 5.73 Å². The number of fused-ring (bicyclic) bond motifs is 1. The highest BCUT2D eigenvalue weighted by Crippen LogP contribution is 2.26. The molecule has 0 spiro atoms. The first-order chi connectivity index (χ1) is 11.0. The molecule has 2 aliphatic rings. The van der Waals surface area contributed by atoms with Gasteiger partial charge in [-0.15, -0.1) is 0 Å². The van der Waals surface area contributed by atoms with Gasteiger partial charge >= 0.3 is 0 Å². The third-order valence-corrected chi connectivity index (χ3v) is 4.84. The maximum absolute atomic E-state index is 12.9. The maximum atomic E-state index is 12.9. The molecule has 1 saturated heterocycles. The molecule has 6 nitrogen and oxygen atoms in total. The quantitative estimate of drug-likeness (QED) is 0.851. The lowest BCUT2D eigenvalue weighted by Gasteiger charge is -2.37. The number of nitrogens with two attached hydrogens (primary N) is 1. The summed E-state index contributed by atoms with van der Waals surface area (Å²) in [6.07, 6.45) is 1.12. The van der Waals surface area contributed by atoms with Crippen molar-refractivity contribution in [2.75, 3.05) is 13.1 Å². The van der Waals surface area contributed by atoms with Crippen molar-refractivity contribution in [3.63, 3.8) is 0 Å². The van der Waals surface area contributed by atoms with Gasteiger partial charge in [-0.05, 0) is 17.5 Å². The molecule has 0 bridgehead atoms. The van der Waals surface area contributed by atoms with Gasteiger partial charge in [0.1, 0.15) is 6.04 Å². The number of primary amides is 1. The number of nitrogens with zero attached hydrogens (tertiary/aromatic N) is 2. The molecule has 2 N–H and O–H groups in total. The van der Waals surface area contributed by atoms with Crippen molar-refractivity contribution in [3.05, 3.63) is 35.4 Å². The summed E-state index contributed by atoms with van der Waals surface area (Å²) in [6, 6.07) is 7.39. The number of hydrogen-bond acceptors (Lipinski definition) is 3. The van der Waals surface area contributed by atoms with E-state index in [1.54, 1.807) is 9.80 Å². The summed E-state index contributed by atoms with van der Waals surface area (Å²) in [4.78, 5) is 39.5. The SMILES string of the molecule is CC(=O)N1Cc2ccccc2CC1C(=O)N1CCC(C(N)=O)C1. The van der Waals surface area contributed by atoms with E-state index in [0.717, 1.165) is 11.1 Å². The van der Waals surface area contributed by atoms with Gasteiger partial charge in [0.25, 0.3) is 0 Å². The molecule has 0 saturated carbocycles. The monoisotopic (exact) mass is 315 g/mol. The number of benzene rings is 1. The number of carbonyl (C=O) groups excluding carboxylic acids is 3. The molecule has 1 aromatic rings. The fourth-order valence-electron chi connectivity index (χ4n) is 3.48. The minimum Gasteiger partial charge on any atom is -0.369 e. The van der Waals surface area contributed by atoms with E-state index < -0.39 is 6.04 Å². The molecule has 1 aromatic carbocycles. The number of carbonyl (C=O) groups is 3. The first-order valence-corrected chi connectivity index (χ1v) is 7.89. The van der Waals surface area contributed by atoms with Crippen molar-refractivity contribution in [2.45, 2.75) is 32.4 Å². The molecule has 23 heavy (non-hydrogen) atoms. The Morgan fingerprint density at radius 2 is 1.87 bits per heavy atom. The highest BCUT2D eigenvalue weighted by atomic mass is 16.2. The van der Waals surface area contributed by atoms with Gasteiger partial charge in [-0.2, -0.15) is 0 Å². The number of hydrogen-bond donors (Lipinski definition) is 1. The van der Waals surface area contributed by atoms with E-state index in [9.17, 15) is 14.4 Å². The molecule has 2 heterocycles. The Hall–Kier alpha value is -2.37. The fraction of sp³-hybridized carbons (Fsp3) is 0.471. The molecule has 6 heteroatoms. The Morgan fingerprint density at radius 1 is 1.17 bits per heavy atom. The first kappa shape index (κ1) is 15.5. The van der Waals surface area contributed by atoms with Crippen molar-refractivity contribution in [1.82, 2.24) is 9.80 Å². The molecule has 0 aliphatic carbocycles. The highest BCUT2D eigenvalue weighted by Gasteiger charge is 2.38. The molecule has 2 atom stereocenters. The van der Waals surface area contributed by atoms with E-state index in [0.29, 0.717) is 32.5 Å². The van der Waals surface area contributed by atoms with Crippen molar-refractivity contribution in [3.8, 4) is 0 Å². The Labute approximate surface area is 135 Å². The summed E-state index contributed by atoms with van der Waals surface area (Å²) in [5.74, 6) is -0.833. The van der Waals surface area contributed by atoms with Gasteiger partial charge in [0.15, 0.2) is 0 Å². The van der Waals surface area contributed by atoms with Crippen LogP contribution in [-0.2, 0) is 27.3 Å². The summed E-state index contributed by atoms with van der Waals surface area (Å²) in [7, 11) is 0. The molecule has 1 fully saturated rings. The van der Waals surface area contributed by atoms with Gasteiger partial charge in [-0.25, -0.2) is 0 Å². The molecular weight excluding hydrogens is 294 g/mol. The largest absolute Gasteiger partial charge is 0.369 e. The van der Waals surface area contributed by atoms with Crippen LogP contribution in [0.15, 0.2) is 24.3 Å². The number of rotatable bonds is 2.